The van der Waals surface area contributed by atoms with Crippen LogP contribution in [-0.2, 0) is 9.59 Å². The Morgan fingerprint density at radius 1 is 1.17 bits per heavy atom. The fourth-order valence-corrected chi connectivity index (χ4v) is 4.67. The first-order valence-electron chi connectivity index (χ1n) is 9.12. The number of imide groups is 1. The Bertz CT molecular complexity index is 546. The van der Waals surface area contributed by atoms with Crippen molar-refractivity contribution >= 4 is 17.7 Å². The molecule has 24 heavy (non-hydrogen) atoms. The van der Waals surface area contributed by atoms with Gasteiger partial charge in [0.25, 0.3) is 5.91 Å². The minimum Gasteiger partial charge on any atom is -0.313 e. The van der Waals surface area contributed by atoms with E-state index in [1.165, 1.54) is 4.90 Å². The molecule has 0 bridgehead atoms. The van der Waals surface area contributed by atoms with Gasteiger partial charge in [-0.2, -0.15) is 0 Å². The average Bonchev–Trinajstić information content (AvgIpc) is 3.16. The molecular formula is C18H27FN2O3. The third-order valence-corrected chi connectivity index (χ3v) is 6.42. The summed E-state index contributed by atoms with van der Waals surface area (Å²) in [5, 5.41) is 0. The Labute approximate surface area is 142 Å². The van der Waals surface area contributed by atoms with E-state index < -0.39 is 17.7 Å². The Morgan fingerprint density at radius 2 is 1.83 bits per heavy atom. The van der Waals surface area contributed by atoms with Crippen molar-refractivity contribution < 1.29 is 18.8 Å². The molecule has 6 heteroatoms. The van der Waals surface area contributed by atoms with Gasteiger partial charge in [-0.3, -0.25) is 14.5 Å². The molecule has 3 fully saturated rings. The number of halogens is 1. The molecule has 3 aliphatic rings. The number of likely N-dealkylation sites (N-methyl/N-ethyl adjacent to an activating group) is 1. The Balaban J connectivity index is 1.73. The van der Waals surface area contributed by atoms with Crippen molar-refractivity contribution in [3.05, 3.63) is 0 Å². The van der Waals surface area contributed by atoms with Crippen LogP contribution in [0.2, 0.25) is 0 Å². The fourth-order valence-electron chi connectivity index (χ4n) is 4.67. The van der Waals surface area contributed by atoms with E-state index >= 15 is 0 Å². The second kappa shape index (κ2) is 6.45. The number of hydrogen-bond donors (Lipinski definition) is 0. The maximum absolute atomic E-state index is 13.5. The van der Waals surface area contributed by atoms with Crippen molar-refractivity contribution in [2.45, 2.75) is 70.0 Å². The van der Waals surface area contributed by atoms with E-state index in [1.807, 2.05) is 6.92 Å². The first kappa shape index (κ1) is 17.4. The molecule has 134 valence electrons. The van der Waals surface area contributed by atoms with Crippen molar-refractivity contribution in [1.29, 1.82) is 0 Å². The van der Waals surface area contributed by atoms with Gasteiger partial charge in [0.1, 0.15) is 11.7 Å². The predicted molar refractivity (Wildman–Crippen MR) is 87.1 cm³/mol. The molecule has 2 saturated carbocycles. The first-order chi connectivity index (χ1) is 11.4. The summed E-state index contributed by atoms with van der Waals surface area (Å²) in [4.78, 5) is 40.6. The summed E-state index contributed by atoms with van der Waals surface area (Å²) in [6, 6.07) is -0.393. The molecule has 0 aromatic heterocycles. The van der Waals surface area contributed by atoms with Crippen LogP contribution >= 0.6 is 0 Å². The molecule has 1 aliphatic heterocycles. The molecule has 3 unspecified atom stereocenters. The van der Waals surface area contributed by atoms with Gasteiger partial charge in [-0.1, -0.05) is 12.8 Å². The summed E-state index contributed by atoms with van der Waals surface area (Å²) in [5.41, 5.74) is -0.844. The van der Waals surface area contributed by atoms with Gasteiger partial charge in [0, 0.05) is 13.0 Å². The average molecular weight is 338 g/mol. The number of urea groups is 1. The van der Waals surface area contributed by atoms with Crippen molar-refractivity contribution in [3.8, 4) is 0 Å². The number of ketones is 1. The molecular weight excluding hydrogens is 311 g/mol. The third-order valence-electron chi connectivity index (χ3n) is 6.42. The van der Waals surface area contributed by atoms with Crippen LogP contribution in [0.15, 0.2) is 0 Å². The fraction of sp³-hybridized carbons (Fsp3) is 0.833. The molecule has 1 heterocycles. The van der Waals surface area contributed by atoms with Gasteiger partial charge < -0.3 is 4.90 Å². The highest BCUT2D eigenvalue weighted by atomic mass is 19.1. The number of rotatable bonds is 4. The number of hydrogen-bond acceptors (Lipinski definition) is 3. The number of Topliss-reactive ketones (excluding diaryl/α,β-unsaturated/α-hetero) is 1. The summed E-state index contributed by atoms with van der Waals surface area (Å²) < 4.78 is 13.5. The van der Waals surface area contributed by atoms with Crippen LogP contribution in [0.25, 0.3) is 0 Å². The van der Waals surface area contributed by atoms with E-state index in [-0.39, 0.29) is 36.5 Å². The summed E-state index contributed by atoms with van der Waals surface area (Å²) in [6.07, 6.45) is 5.18. The van der Waals surface area contributed by atoms with Gasteiger partial charge in [0.05, 0.1) is 6.54 Å². The molecule has 3 amide bonds. The number of alkyl halides is 1. The van der Waals surface area contributed by atoms with Crippen LogP contribution in [-0.4, -0.2) is 52.8 Å². The molecule has 0 aromatic carbocycles. The lowest BCUT2D eigenvalue weighted by atomic mass is 9.82. The van der Waals surface area contributed by atoms with Gasteiger partial charge in [0.15, 0.2) is 5.78 Å². The van der Waals surface area contributed by atoms with Gasteiger partial charge in [-0.15, -0.1) is 0 Å². The summed E-state index contributed by atoms with van der Waals surface area (Å²) in [5.74, 6) is -0.645. The third kappa shape index (κ3) is 2.74. The van der Waals surface area contributed by atoms with Crippen LogP contribution in [0.3, 0.4) is 0 Å². The zero-order valence-corrected chi connectivity index (χ0v) is 14.6. The molecule has 3 atom stereocenters. The smallest absolute Gasteiger partial charge is 0.313 e. The Hall–Kier alpha value is -1.46. The molecule has 5 nitrogen and oxygen atoms in total. The molecule has 0 N–H and O–H groups in total. The van der Waals surface area contributed by atoms with Crippen LogP contribution in [0.4, 0.5) is 9.18 Å². The summed E-state index contributed by atoms with van der Waals surface area (Å²) in [6.45, 7) is 1.62. The van der Waals surface area contributed by atoms with Crippen LogP contribution < -0.4 is 0 Å². The highest BCUT2D eigenvalue weighted by molar-refractivity contribution is 6.09. The molecule has 0 radical (unpaired) electrons. The van der Waals surface area contributed by atoms with E-state index in [2.05, 4.69) is 0 Å². The van der Waals surface area contributed by atoms with E-state index in [0.717, 1.165) is 30.6 Å². The highest BCUT2D eigenvalue weighted by Crippen LogP contribution is 2.42. The number of carbonyl (C=O) groups excluding carboxylic acids is 3. The largest absolute Gasteiger partial charge is 0.327 e. The lowest BCUT2D eigenvalue weighted by Crippen LogP contribution is -2.50. The van der Waals surface area contributed by atoms with Crippen LogP contribution in [0.1, 0.15) is 58.3 Å². The molecule has 0 aromatic rings. The summed E-state index contributed by atoms with van der Waals surface area (Å²) in [7, 11) is 1.65. The zero-order chi connectivity index (χ0) is 17.5. The monoisotopic (exact) mass is 338 g/mol. The van der Waals surface area contributed by atoms with Crippen LogP contribution in [0.5, 0.6) is 0 Å². The molecule has 3 rings (SSSR count). The second-order valence-electron chi connectivity index (χ2n) is 7.79. The molecule has 1 saturated heterocycles. The molecule has 0 spiro atoms. The number of carbonyl (C=O) groups is 3. The Morgan fingerprint density at radius 3 is 2.46 bits per heavy atom. The van der Waals surface area contributed by atoms with Crippen molar-refractivity contribution in [2.75, 3.05) is 13.6 Å². The standard InChI is InChI=1S/C18H27FN2O3/c1-18(13-7-3-4-8-13)16(23)21(17(24)20(18)2)11-15(22)12-6-5-9-14(19)10-12/h12-14H,3-11H2,1-2H3. The second-order valence-corrected chi connectivity index (χ2v) is 7.79. The van der Waals surface area contributed by atoms with Gasteiger partial charge in [-0.05, 0) is 51.4 Å². The quantitative estimate of drug-likeness (QED) is 0.741. The van der Waals surface area contributed by atoms with Crippen molar-refractivity contribution in [3.63, 3.8) is 0 Å². The minimum absolute atomic E-state index is 0.156. The van der Waals surface area contributed by atoms with E-state index in [1.54, 1.807) is 7.05 Å². The van der Waals surface area contributed by atoms with Crippen molar-refractivity contribution in [2.24, 2.45) is 11.8 Å². The Kier molecular flexibility index (Phi) is 4.67. The maximum Gasteiger partial charge on any atom is 0.327 e. The van der Waals surface area contributed by atoms with Gasteiger partial charge in [-0.25, -0.2) is 9.18 Å². The topological polar surface area (TPSA) is 57.7 Å². The summed E-state index contributed by atoms with van der Waals surface area (Å²) >= 11 is 0. The first-order valence-corrected chi connectivity index (χ1v) is 9.12. The van der Waals surface area contributed by atoms with E-state index in [9.17, 15) is 18.8 Å². The molecule has 2 aliphatic carbocycles. The van der Waals surface area contributed by atoms with Gasteiger partial charge in [0.2, 0.25) is 0 Å². The lowest BCUT2D eigenvalue weighted by Gasteiger charge is -2.34. The SMILES string of the molecule is CN1C(=O)N(CC(=O)C2CCCC(F)C2)C(=O)C1(C)C1CCCC1. The highest BCUT2D eigenvalue weighted by Gasteiger charge is 2.57. The number of amides is 3. The predicted octanol–water partition coefficient (Wildman–Crippen LogP) is 2.93. The van der Waals surface area contributed by atoms with Crippen molar-refractivity contribution in [1.82, 2.24) is 9.80 Å². The van der Waals surface area contributed by atoms with Crippen LogP contribution in [0, 0.1) is 11.8 Å². The van der Waals surface area contributed by atoms with E-state index in [4.69, 9.17) is 0 Å². The normalized spacial score (nSPS) is 35.1. The van der Waals surface area contributed by atoms with E-state index in [0.29, 0.717) is 19.3 Å². The maximum atomic E-state index is 13.5. The van der Waals surface area contributed by atoms with Gasteiger partial charge >= 0.3 is 6.03 Å². The zero-order valence-electron chi connectivity index (χ0n) is 14.6. The lowest BCUT2D eigenvalue weighted by molar-refractivity contribution is -0.138. The number of nitrogens with zero attached hydrogens (tertiary/aromatic N) is 2. The minimum atomic E-state index is -0.941.